The monoisotopic (exact) mass is 586 g/mol. The molecule has 0 heterocycles. The molecule has 0 bridgehead atoms. The quantitative estimate of drug-likeness (QED) is 0.145. The summed E-state index contributed by atoms with van der Waals surface area (Å²) in [4.78, 5) is 25.0. The van der Waals surface area contributed by atoms with Gasteiger partial charge in [0.1, 0.15) is 25.6 Å². The van der Waals surface area contributed by atoms with Gasteiger partial charge in [-0.3, -0.25) is 9.59 Å². The Bertz CT molecular complexity index is 766. The molecule has 0 saturated carbocycles. The van der Waals surface area contributed by atoms with Crippen LogP contribution in [0.2, 0.25) is 0 Å². The predicted molar refractivity (Wildman–Crippen MR) is 153 cm³/mol. The van der Waals surface area contributed by atoms with E-state index in [9.17, 15) is 9.59 Å². The summed E-state index contributed by atoms with van der Waals surface area (Å²) in [5.41, 5.74) is 0.967. The first kappa shape index (κ1) is 36.7. The standard InChI is InChI=1S/C29H50N2O10/c1-4-5-10-34-11-12-35-13-14-36-15-16-37-17-18-38-19-20-40-25-29(33)31(3)23-26-6-8-27(9-7-26)41-22-21-39-24-28(32)30-2/h6-9H,4-5,10-25H2,1-3H3,(H,30,32). The summed E-state index contributed by atoms with van der Waals surface area (Å²) >= 11 is 0. The van der Waals surface area contributed by atoms with Crippen LogP contribution in [0.25, 0.3) is 0 Å². The van der Waals surface area contributed by atoms with Gasteiger partial charge in [-0.25, -0.2) is 0 Å². The number of unbranched alkanes of at least 4 members (excludes halogenated alkanes) is 1. The van der Waals surface area contributed by atoms with Crippen molar-refractivity contribution in [2.45, 2.75) is 26.3 Å². The van der Waals surface area contributed by atoms with Crippen LogP contribution in [0.5, 0.6) is 5.75 Å². The molecule has 236 valence electrons. The summed E-state index contributed by atoms with van der Waals surface area (Å²) in [6.07, 6.45) is 2.22. The average molecular weight is 587 g/mol. The lowest BCUT2D eigenvalue weighted by atomic mass is 10.2. The first-order valence-electron chi connectivity index (χ1n) is 14.3. The normalized spacial score (nSPS) is 11.0. The number of ether oxygens (including phenoxy) is 8. The molecule has 0 aliphatic carbocycles. The summed E-state index contributed by atoms with van der Waals surface area (Å²) in [5, 5.41) is 2.48. The summed E-state index contributed by atoms with van der Waals surface area (Å²) in [7, 11) is 3.29. The molecule has 41 heavy (non-hydrogen) atoms. The number of rotatable bonds is 28. The zero-order chi connectivity index (χ0) is 29.8. The first-order chi connectivity index (χ1) is 20.1. The highest BCUT2D eigenvalue weighted by Gasteiger charge is 2.10. The van der Waals surface area contributed by atoms with E-state index < -0.39 is 0 Å². The van der Waals surface area contributed by atoms with Crippen LogP contribution < -0.4 is 10.1 Å². The number of benzene rings is 1. The van der Waals surface area contributed by atoms with Crippen molar-refractivity contribution < 1.29 is 47.5 Å². The molecule has 1 aromatic carbocycles. The smallest absolute Gasteiger partial charge is 0.248 e. The van der Waals surface area contributed by atoms with Crippen LogP contribution in [0.15, 0.2) is 24.3 Å². The van der Waals surface area contributed by atoms with Crippen molar-refractivity contribution in [1.82, 2.24) is 10.2 Å². The molecule has 0 spiro atoms. The lowest BCUT2D eigenvalue weighted by Crippen LogP contribution is -2.30. The maximum atomic E-state index is 12.3. The van der Waals surface area contributed by atoms with Crippen LogP contribution in [0.3, 0.4) is 0 Å². The molecule has 12 heteroatoms. The highest BCUT2D eigenvalue weighted by atomic mass is 16.6. The lowest BCUT2D eigenvalue weighted by Gasteiger charge is -2.17. The number of likely N-dealkylation sites (N-methyl/N-ethyl adjacent to an activating group) is 2. The molecule has 0 unspecified atom stereocenters. The summed E-state index contributed by atoms with van der Waals surface area (Å²) < 4.78 is 43.4. The topological polar surface area (TPSA) is 123 Å². The zero-order valence-electron chi connectivity index (χ0n) is 25.1. The number of carbonyl (C=O) groups is 2. The Kier molecular flexibility index (Phi) is 23.8. The molecule has 1 rings (SSSR count). The van der Waals surface area contributed by atoms with E-state index in [0.717, 1.165) is 25.0 Å². The van der Waals surface area contributed by atoms with Crippen LogP contribution in [-0.2, 0) is 49.3 Å². The van der Waals surface area contributed by atoms with Gasteiger partial charge in [-0.1, -0.05) is 25.5 Å². The second kappa shape index (κ2) is 26.6. The van der Waals surface area contributed by atoms with Gasteiger partial charge in [0.15, 0.2) is 0 Å². The van der Waals surface area contributed by atoms with E-state index in [-0.39, 0.29) is 25.0 Å². The number of amides is 2. The molecule has 0 aliphatic rings. The Hall–Kier alpha value is -2.32. The zero-order valence-corrected chi connectivity index (χ0v) is 25.1. The maximum absolute atomic E-state index is 12.3. The highest BCUT2D eigenvalue weighted by molar-refractivity contribution is 5.77. The van der Waals surface area contributed by atoms with Gasteiger partial charge in [0, 0.05) is 27.2 Å². The largest absolute Gasteiger partial charge is 0.491 e. The Morgan fingerprint density at radius 1 is 0.659 bits per heavy atom. The summed E-state index contributed by atoms with van der Waals surface area (Å²) in [6.45, 7) is 8.92. The molecule has 12 nitrogen and oxygen atoms in total. The van der Waals surface area contributed by atoms with E-state index in [4.69, 9.17) is 37.9 Å². The first-order valence-corrected chi connectivity index (χ1v) is 14.3. The third-order valence-electron chi connectivity index (χ3n) is 5.51. The number of nitrogens with one attached hydrogen (secondary N) is 1. The molecule has 1 N–H and O–H groups in total. The van der Waals surface area contributed by atoms with Gasteiger partial charge in [-0.05, 0) is 24.1 Å². The molecule has 0 atom stereocenters. The van der Waals surface area contributed by atoms with E-state index in [2.05, 4.69) is 12.2 Å². The lowest BCUT2D eigenvalue weighted by molar-refractivity contribution is -0.136. The highest BCUT2D eigenvalue weighted by Crippen LogP contribution is 2.13. The fourth-order valence-corrected chi connectivity index (χ4v) is 3.12. The third-order valence-corrected chi connectivity index (χ3v) is 5.51. The van der Waals surface area contributed by atoms with E-state index in [1.807, 2.05) is 24.3 Å². The SMILES string of the molecule is CCCCOCCOCCOCCOCCOCCOCC(=O)N(C)Cc1ccc(OCCOCC(=O)NC)cc1. The Morgan fingerprint density at radius 3 is 1.63 bits per heavy atom. The average Bonchev–Trinajstić information content (AvgIpc) is 2.98. The second-order valence-electron chi connectivity index (χ2n) is 8.94. The van der Waals surface area contributed by atoms with Gasteiger partial charge in [0.2, 0.25) is 11.8 Å². The minimum Gasteiger partial charge on any atom is -0.491 e. The molecule has 1 aromatic rings. The molecule has 0 saturated heterocycles. The summed E-state index contributed by atoms with van der Waals surface area (Å²) in [5.74, 6) is 0.393. The van der Waals surface area contributed by atoms with Crippen LogP contribution in [0, 0.1) is 0 Å². The molecule has 0 aliphatic heterocycles. The summed E-state index contributed by atoms with van der Waals surface area (Å²) in [6, 6.07) is 7.46. The molecular weight excluding hydrogens is 536 g/mol. The van der Waals surface area contributed by atoms with Gasteiger partial charge in [-0.2, -0.15) is 0 Å². The molecule has 0 radical (unpaired) electrons. The fourth-order valence-electron chi connectivity index (χ4n) is 3.12. The van der Waals surface area contributed by atoms with Gasteiger partial charge in [0.25, 0.3) is 0 Å². The Balaban J connectivity index is 1.92. The van der Waals surface area contributed by atoms with Crippen LogP contribution >= 0.6 is 0 Å². The van der Waals surface area contributed by atoms with Crippen molar-refractivity contribution in [2.24, 2.45) is 0 Å². The Labute approximate surface area is 244 Å². The van der Waals surface area contributed by atoms with Crippen LogP contribution in [-0.4, -0.2) is 130 Å². The predicted octanol–water partition coefficient (Wildman–Crippen LogP) is 1.69. The molecule has 2 amide bonds. The van der Waals surface area contributed by atoms with Crippen LogP contribution in [0.4, 0.5) is 0 Å². The van der Waals surface area contributed by atoms with Crippen molar-refractivity contribution in [2.75, 3.05) is 113 Å². The molecular formula is C29H50N2O10. The van der Waals surface area contributed by atoms with Crippen molar-refractivity contribution in [1.29, 1.82) is 0 Å². The van der Waals surface area contributed by atoms with Crippen LogP contribution in [0.1, 0.15) is 25.3 Å². The van der Waals surface area contributed by atoms with Gasteiger partial charge in [0.05, 0.1) is 72.7 Å². The van der Waals surface area contributed by atoms with E-state index in [1.54, 1.807) is 19.0 Å². The minimum absolute atomic E-state index is 0.00913. The Morgan fingerprint density at radius 2 is 1.12 bits per heavy atom. The van der Waals surface area contributed by atoms with E-state index in [0.29, 0.717) is 91.6 Å². The number of hydrogen-bond acceptors (Lipinski definition) is 10. The second-order valence-corrected chi connectivity index (χ2v) is 8.94. The van der Waals surface area contributed by atoms with Gasteiger partial charge >= 0.3 is 0 Å². The number of carbonyl (C=O) groups excluding carboxylic acids is 2. The number of hydrogen-bond donors (Lipinski definition) is 1. The van der Waals surface area contributed by atoms with Crippen molar-refractivity contribution in [3.05, 3.63) is 29.8 Å². The number of nitrogens with zero attached hydrogens (tertiary/aromatic N) is 1. The fraction of sp³-hybridized carbons (Fsp3) is 0.724. The van der Waals surface area contributed by atoms with E-state index >= 15 is 0 Å². The van der Waals surface area contributed by atoms with E-state index in [1.165, 1.54) is 0 Å². The molecule has 0 aromatic heterocycles. The maximum Gasteiger partial charge on any atom is 0.248 e. The third kappa shape index (κ3) is 22.0. The van der Waals surface area contributed by atoms with Gasteiger partial charge < -0.3 is 48.1 Å². The minimum atomic E-state index is -0.178. The van der Waals surface area contributed by atoms with Gasteiger partial charge in [-0.15, -0.1) is 0 Å². The molecule has 0 fully saturated rings. The van der Waals surface area contributed by atoms with Crippen molar-refractivity contribution in [3.8, 4) is 5.75 Å². The van der Waals surface area contributed by atoms with Crippen molar-refractivity contribution in [3.63, 3.8) is 0 Å². The van der Waals surface area contributed by atoms with Crippen molar-refractivity contribution >= 4 is 11.8 Å².